The summed E-state index contributed by atoms with van der Waals surface area (Å²) in [5.74, 6) is 0.831. The lowest BCUT2D eigenvalue weighted by Crippen LogP contribution is -2.13. The minimum absolute atomic E-state index is 0.120. The molecule has 3 rings (SSSR count). The highest BCUT2D eigenvalue weighted by Gasteiger charge is 2.04. The van der Waals surface area contributed by atoms with Gasteiger partial charge in [-0.25, -0.2) is 5.10 Å². The van der Waals surface area contributed by atoms with E-state index in [-0.39, 0.29) is 5.02 Å². The van der Waals surface area contributed by atoms with Gasteiger partial charge in [-0.3, -0.25) is 4.79 Å². The molecule has 0 aliphatic carbocycles. The highest BCUT2D eigenvalue weighted by Crippen LogP contribution is 2.17. The Balaban J connectivity index is 1.55. The van der Waals surface area contributed by atoms with Gasteiger partial charge < -0.3 is 10.1 Å². The molecule has 0 atom stereocenters. The number of nitrogens with zero attached hydrogens (tertiary/aromatic N) is 1. The molecule has 3 aromatic rings. The number of benzene rings is 2. The lowest BCUT2D eigenvalue weighted by Gasteiger charge is -2.10. The van der Waals surface area contributed by atoms with Gasteiger partial charge in [0, 0.05) is 6.54 Å². The van der Waals surface area contributed by atoms with Crippen LogP contribution in [-0.4, -0.2) is 16.7 Å². The van der Waals surface area contributed by atoms with Crippen molar-refractivity contribution in [3.8, 4) is 5.75 Å². The van der Waals surface area contributed by atoms with Crippen LogP contribution in [0.5, 0.6) is 5.75 Å². The number of ether oxygens (including phenoxy) is 1. The summed E-state index contributed by atoms with van der Waals surface area (Å²) in [4.78, 5) is 11.4. The van der Waals surface area contributed by atoms with Crippen LogP contribution in [0, 0.1) is 0 Å². The fourth-order valence-electron chi connectivity index (χ4n) is 2.38. The molecule has 25 heavy (non-hydrogen) atoms. The molecule has 2 N–H and O–H groups in total. The van der Waals surface area contributed by atoms with Gasteiger partial charge in [0.1, 0.15) is 17.4 Å². The van der Waals surface area contributed by atoms with Crippen LogP contribution in [0.3, 0.4) is 0 Å². The molecule has 128 valence electrons. The molecule has 2 aromatic carbocycles. The number of hydrogen-bond donors (Lipinski definition) is 2. The number of anilines is 1. The molecule has 0 amide bonds. The molecule has 6 heteroatoms. The first-order valence-electron chi connectivity index (χ1n) is 7.95. The zero-order valence-electron chi connectivity index (χ0n) is 13.5. The number of aromatic nitrogens is 2. The number of hydrogen-bond acceptors (Lipinski definition) is 4. The molecular formula is C19H18ClN3O2. The second kappa shape index (κ2) is 8.35. The van der Waals surface area contributed by atoms with Crippen molar-refractivity contribution in [2.24, 2.45) is 0 Å². The Morgan fingerprint density at radius 2 is 1.88 bits per heavy atom. The lowest BCUT2D eigenvalue weighted by atomic mass is 10.1. The zero-order chi connectivity index (χ0) is 17.5. The quantitative estimate of drug-likeness (QED) is 0.678. The topological polar surface area (TPSA) is 67.0 Å². The van der Waals surface area contributed by atoms with Gasteiger partial charge in [0.25, 0.3) is 5.56 Å². The smallest absolute Gasteiger partial charge is 0.285 e. The minimum Gasteiger partial charge on any atom is -0.489 e. The first-order chi connectivity index (χ1) is 12.2. The van der Waals surface area contributed by atoms with Gasteiger partial charge in [-0.05, 0) is 29.7 Å². The van der Waals surface area contributed by atoms with Crippen molar-refractivity contribution in [1.29, 1.82) is 0 Å². The van der Waals surface area contributed by atoms with Crippen LogP contribution in [0.4, 0.5) is 5.69 Å². The maximum absolute atomic E-state index is 11.4. The van der Waals surface area contributed by atoms with Crippen LogP contribution in [0.25, 0.3) is 0 Å². The maximum Gasteiger partial charge on any atom is 0.285 e. The Kier molecular flexibility index (Phi) is 5.69. The average Bonchev–Trinajstić information content (AvgIpc) is 2.65. The summed E-state index contributed by atoms with van der Waals surface area (Å²) in [7, 11) is 0. The Bertz CT molecular complexity index is 881. The third-order valence-electron chi connectivity index (χ3n) is 3.67. The molecular weight excluding hydrogens is 338 g/mol. The average molecular weight is 356 g/mol. The van der Waals surface area contributed by atoms with Crippen LogP contribution in [0.2, 0.25) is 5.02 Å². The molecule has 5 nitrogen and oxygen atoms in total. The van der Waals surface area contributed by atoms with E-state index in [1.807, 2.05) is 54.6 Å². The van der Waals surface area contributed by atoms with Gasteiger partial charge in [-0.1, -0.05) is 54.1 Å². The Hall–Kier alpha value is -2.79. The first-order valence-corrected chi connectivity index (χ1v) is 8.33. The van der Waals surface area contributed by atoms with Crippen LogP contribution in [0.15, 0.2) is 65.6 Å². The molecule has 0 aliphatic heterocycles. The standard InChI is InChI=1S/C19H18ClN3O2/c20-18-17(12-22-23-19(18)24)21-10-9-14-7-4-8-16(11-14)25-13-15-5-2-1-3-6-15/h1-8,11-12H,9-10,13H2,(H2,21,23,24). The summed E-state index contributed by atoms with van der Waals surface area (Å²) < 4.78 is 5.84. The summed E-state index contributed by atoms with van der Waals surface area (Å²) in [5, 5.41) is 9.27. The molecule has 0 radical (unpaired) electrons. The van der Waals surface area contributed by atoms with Gasteiger partial charge in [-0.2, -0.15) is 5.10 Å². The number of rotatable bonds is 7. The molecule has 0 fully saturated rings. The van der Waals surface area contributed by atoms with Crippen molar-refractivity contribution >= 4 is 17.3 Å². The van der Waals surface area contributed by atoms with Gasteiger partial charge >= 0.3 is 0 Å². The Labute approximate surface area is 150 Å². The van der Waals surface area contributed by atoms with E-state index in [1.54, 1.807) is 0 Å². The largest absolute Gasteiger partial charge is 0.489 e. The van der Waals surface area contributed by atoms with Crippen LogP contribution in [-0.2, 0) is 13.0 Å². The normalized spacial score (nSPS) is 10.4. The minimum atomic E-state index is -0.400. The molecule has 0 bridgehead atoms. The molecule has 1 heterocycles. The third kappa shape index (κ3) is 4.84. The Morgan fingerprint density at radius 3 is 2.72 bits per heavy atom. The van der Waals surface area contributed by atoms with E-state index in [2.05, 4.69) is 15.5 Å². The van der Waals surface area contributed by atoms with E-state index in [1.165, 1.54) is 6.20 Å². The third-order valence-corrected chi connectivity index (χ3v) is 4.05. The van der Waals surface area contributed by atoms with Gasteiger partial charge in [0.2, 0.25) is 0 Å². The fourth-order valence-corrected chi connectivity index (χ4v) is 2.54. The molecule has 0 aliphatic rings. The highest BCUT2D eigenvalue weighted by atomic mass is 35.5. The van der Waals surface area contributed by atoms with E-state index in [0.717, 1.165) is 23.3 Å². The van der Waals surface area contributed by atoms with E-state index >= 15 is 0 Å². The van der Waals surface area contributed by atoms with E-state index in [4.69, 9.17) is 16.3 Å². The SMILES string of the molecule is O=c1[nH]ncc(NCCc2cccc(OCc3ccccc3)c2)c1Cl. The van der Waals surface area contributed by atoms with Crippen molar-refractivity contribution in [3.05, 3.63) is 87.3 Å². The second-order valence-electron chi connectivity index (χ2n) is 5.53. The fraction of sp³-hybridized carbons (Fsp3) is 0.158. The van der Waals surface area contributed by atoms with E-state index in [0.29, 0.717) is 18.8 Å². The molecule has 0 saturated heterocycles. The van der Waals surface area contributed by atoms with Crippen molar-refractivity contribution in [3.63, 3.8) is 0 Å². The van der Waals surface area contributed by atoms with Gasteiger partial charge in [-0.15, -0.1) is 0 Å². The number of H-pyrrole nitrogens is 1. The zero-order valence-corrected chi connectivity index (χ0v) is 14.3. The number of aromatic amines is 1. The van der Waals surface area contributed by atoms with Crippen molar-refractivity contribution in [2.45, 2.75) is 13.0 Å². The second-order valence-corrected chi connectivity index (χ2v) is 5.90. The monoisotopic (exact) mass is 355 g/mol. The first kappa shape index (κ1) is 17.0. The number of halogens is 1. The Morgan fingerprint density at radius 1 is 1.08 bits per heavy atom. The summed E-state index contributed by atoms with van der Waals surface area (Å²) >= 11 is 5.93. The van der Waals surface area contributed by atoms with Gasteiger partial charge in [0.15, 0.2) is 0 Å². The molecule has 0 unspecified atom stereocenters. The van der Waals surface area contributed by atoms with E-state index < -0.39 is 5.56 Å². The van der Waals surface area contributed by atoms with E-state index in [9.17, 15) is 4.79 Å². The molecule has 0 saturated carbocycles. The van der Waals surface area contributed by atoms with Crippen LogP contribution >= 0.6 is 11.6 Å². The van der Waals surface area contributed by atoms with Crippen LogP contribution < -0.4 is 15.6 Å². The summed E-state index contributed by atoms with van der Waals surface area (Å²) in [6, 6.07) is 18.0. The highest BCUT2D eigenvalue weighted by molar-refractivity contribution is 6.32. The van der Waals surface area contributed by atoms with Gasteiger partial charge in [0.05, 0.1) is 11.9 Å². The summed E-state index contributed by atoms with van der Waals surface area (Å²) in [5.41, 5.74) is 2.39. The lowest BCUT2D eigenvalue weighted by molar-refractivity contribution is 0.306. The van der Waals surface area contributed by atoms with Crippen molar-refractivity contribution in [2.75, 3.05) is 11.9 Å². The number of nitrogens with one attached hydrogen (secondary N) is 2. The van der Waals surface area contributed by atoms with Crippen molar-refractivity contribution in [1.82, 2.24) is 10.2 Å². The summed E-state index contributed by atoms with van der Waals surface area (Å²) in [6.45, 7) is 1.17. The molecule has 1 aromatic heterocycles. The summed E-state index contributed by atoms with van der Waals surface area (Å²) in [6.07, 6.45) is 2.27. The molecule has 0 spiro atoms. The maximum atomic E-state index is 11.4. The predicted octanol–water partition coefficient (Wildman–Crippen LogP) is 3.66. The van der Waals surface area contributed by atoms with Crippen LogP contribution in [0.1, 0.15) is 11.1 Å². The predicted molar refractivity (Wildman–Crippen MR) is 99.3 cm³/mol. The van der Waals surface area contributed by atoms with Crippen molar-refractivity contribution < 1.29 is 4.74 Å².